The highest BCUT2D eigenvalue weighted by atomic mass is 35.5. The third-order valence-electron chi connectivity index (χ3n) is 6.69. The number of benzene rings is 3. The summed E-state index contributed by atoms with van der Waals surface area (Å²) in [7, 11) is 3.15. The Kier molecular flexibility index (Phi) is 6.82. The zero-order valence-corrected chi connectivity index (χ0v) is 21.5. The number of fused-ring (bicyclic) bond motifs is 3. The largest absolute Gasteiger partial charge is 0.497 e. The number of halogens is 3. The quantitative estimate of drug-likeness (QED) is 0.287. The van der Waals surface area contributed by atoms with E-state index in [1.165, 1.54) is 24.9 Å². The van der Waals surface area contributed by atoms with E-state index in [1.807, 2.05) is 0 Å². The van der Waals surface area contributed by atoms with E-state index in [2.05, 4.69) is 9.88 Å². The molecule has 5 nitrogen and oxygen atoms in total. The van der Waals surface area contributed by atoms with Crippen molar-refractivity contribution in [1.82, 2.24) is 4.57 Å². The van der Waals surface area contributed by atoms with Crippen molar-refractivity contribution < 1.29 is 18.7 Å². The summed E-state index contributed by atoms with van der Waals surface area (Å²) < 4.78 is 26.7. The van der Waals surface area contributed by atoms with Crippen LogP contribution in [-0.4, -0.2) is 24.7 Å². The molecule has 0 spiro atoms. The van der Waals surface area contributed by atoms with Crippen LogP contribution in [0.1, 0.15) is 40.0 Å². The second kappa shape index (κ2) is 10.0. The zero-order valence-electron chi connectivity index (χ0n) is 20.0. The Bertz CT molecular complexity index is 1440. The van der Waals surface area contributed by atoms with Crippen molar-refractivity contribution in [2.75, 3.05) is 19.5 Å². The summed E-state index contributed by atoms with van der Waals surface area (Å²) in [5, 5.41) is 4.33. The van der Waals surface area contributed by atoms with Crippen LogP contribution in [0.15, 0.2) is 48.5 Å². The van der Waals surface area contributed by atoms with Crippen molar-refractivity contribution in [3.8, 4) is 11.5 Å². The summed E-state index contributed by atoms with van der Waals surface area (Å²) in [5.74, 6) is 0.592. The lowest BCUT2D eigenvalue weighted by molar-refractivity contribution is 0.102. The smallest absolute Gasteiger partial charge is 0.256 e. The number of carbonyl (C=O) groups excluding carboxylic acids is 1. The molecule has 1 N–H and O–H groups in total. The predicted molar refractivity (Wildman–Crippen MR) is 142 cm³/mol. The first-order chi connectivity index (χ1) is 17.4. The van der Waals surface area contributed by atoms with Gasteiger partial charge < -0.3 is 19.4 Å². The highest BCUT2D eigenvalue weighted by molar-refractivity contribution is 6.40. The summed E-state index contributed by atoms with van der Waals surface area (Å²) in [6, 6.07) is 13.3. The topological polar surface area (TPSA) is 52.5 Å². The molecule has 36 heavy (non-hydrogen) atoms. The molecule has 1 aromatic heterocycles. The predicted octanol–water partition coefficient (Wildman–Crippen LogP) is 7.28. The monoisotopic (exact) mass is 526 g/mol. The number of ether oxygens (including phenoxy) is 2. The van der Waals surface area contributed by atoms with E-state index >= 15 is 0 Å². The van der Waals surface area contributed by atoms with Crippen LogP contribution in [0.3, 0.4) is 0 Å². The molecule has 1 aliphatic carbocycles. The fourth-order valence-electron chi connectivity index (χ4n) is 5.01. The van der Waals surface area contributed by atoms with Gasteiger partial charge in [-0.1, -0.05) is 35.3 Å². The lowest BCUT2D eigenvalue weighted by Crippen LogP contribution is -2.14. The average Bonchev–Trinajstić information content (AvgIpc) is 3.21. The van der Waals surface area contributed by atoms with Crippen molar-refractivity contribution in [1.29, 1.82) is 0 Å². The van der Waals surface area contributed by atoms with E-state index in [-0.39, 0.29) is 21.8 Å². The fraction of sp³-hybridized carbons (Fsp3) is 0.250. The normalized spacial score (nSPS) is 12.9. The minimum Gasteiger partial charge on any atom is -0.497 e. The van der Waals surface area contributed by atoms with Gasteiger partial charge in [-0.25, -0.2) is 4.39 Å². The summed E-state index contributed by atoms with van der Waals surface area (Å²) in [6.45, 7) is 0.545. The van der Waals surface area contributed by atoms with E-state index < -0.39 is 0 Å². The van der Waals surface area contributed by atoms with Gasteiger partial charge in [-0.05, 0) is 61.1 Å². The van der Waals surface area contributed by atoms with Crippen molar-refractivity contribution >= 4 is 45.7 Å². The van der Waals surface area contributed by atoms with Crippen LogP contribution in [0.2, 0.25) is 10.0 Å². The van der Waals surface area contributed by atoms with Gasteiger partial charge in [0.25, 0.3) is 5.91 Å². The maximum Gasteiger partial charge on any atom is 0.256 e. The van der Waals surface area contributed by atoms with Crippen molar-refractivity contribution in [3.05, 3.63) is 86.8 Å². The number of hydrogen-bond acceptors (Lipinski definition) is 3. The van der Waals surface area contributed by atoms with Crippen molar-refractivity contribution in [3.63, 3.8) is 0 Å². The van der Waals surface area contributed by atoms with Crippen LogP contribution >= 0.6 is 23.2 Å². The standard InChI is InChI=1S/C28H25Cl2FN2O3/c1-35-18-13-21(29)26(22(30)14-18)32-28(34)20-11-12-24(36-2)27-25(20)19-5-3-4-6-23(19)33(27)15-16-7-9-17(31)10-8-16/h7-14H,3-6,15H2,1-2H3,(H,32,34). The number of nitrogens with one attached hydrogen (secondary N) is 1. The van der Waals surface area contributed by atoms with E-state index in [1.54, 1.807) is 43.5 Å². The molecule has 0 aliphatic heterocycles. The van der Waals surface area contributed by atoms with Crippen LogP contribution in [-0.2, 0) is 19.4 Å². The van der Waals surface area contributed by atoms with Gasteiger partial charge in [0.1, 0.15) is 17.3 Å². The molecule has 5 rings (SSSR count). The minimum atomic E-state index is -0.316. The number of nitrogens with zero attached hydrogens (tertiary/aromatic N) is 1. The molecular weight excluding hydrogens is 502 g/mol. The number of carbonyl (C=O) groups is 1. The average molecular weight is 527 g/mol. The maximum absolute atomic E-state index is 13.6. The number of anilines is 1. The molecule has 1 heterocycles. The molecule has 1 aliphatic rings. The summed E-state index contributed by atoms with van der Waals surface area (Å²) in [6.07, 6.45) is 3.86. The van der Waals surface area contributed by atoms with E-state index in [0.29, 0.717) is 29.3 Å². The Morgan fingerprint density at radius 3 is 2.36 bits per heavy atom. The number of amides is 1. The van der Waals surface area contributed by atoms with Gasteiger partial charge in [-0.3, -0.25) is 4.79 Å². The van der Waals surface area contributed by atoms with Gasteiger partial charge in [0.05, 0.1) is 35.5 Å². The molecule has 0 saturated carbocycles. The highest BCUT2D eigenvalue weighted by Gasteiger charge is 2.27. The molecule has 0 saturated heterocycles. The minimum absolute atomic E-state index is 0.273. The maximum atomic E-state index is 13.6. The number of hydrogen-bond donors (Lipinski definition) is 1. The van der Waals surface area contributed by atoms with Gasteiger partial charge in [0.15, 0.2) is 0 Å². The van der Waals surface area contributed by atoms with Crippen LogP contribution in [0.5, 0.6) is 11.5 Å². The Balaban J connectivity index is 1.65. The second-order valence-electron chi connectivity index (χ2n) is 8.80. The van der Waals surface area contributed by atoms with Crippen molar-refractivity contribution in [2.45, 2.75) is 32.2 Å². The molecule has 3 aromatic carbocycles. The zero-order chi connectivity index (χ0) is 25.4. The van der Waals surface area contributed by atoms with Crippen LogP contribution in [0.4, 0.5) is 10.1 Å². The SMILES string of the molecule is COc1cc(Cl)c(NC(=O)c2ccc(OC)c3c2c2c(n3Cc3ccc(F)cc3)CCCC2)c(Cl)c1. The molecule has 0 unspecified atom stereocenters. The lowest BCUT2D eigenvalue weighted by atomic mass is 9.93. The number of aromatic nitrogens is 1. The first kappa shape index (κ1) is 24.5. The Morgan fingerprint density at radius 2 is 1.69 bits per heavy atom. The molecule has 0 fully saturated rings. The van der Waals surface area contributed by atoms with Crippen LogP contribution in [0, 0.1) is 5.82 Å². The van der Waals surface area contributed by atoms with Gasteiger partial charge in [-0.15, -0.1) is 0 Å². The van der Waals surface area contributed by atoms with Crippen molar-refractivity contribution in [2.24, 2.45) is 0 Å². The number of rotatable bonds is 6. The molecule has 186 valence electrons. The summed E-state index contributed by atoms with van der Waals surface area (Å²) in [4.78, 5) is 13.6. The van der Waals surface area contributed by atoms with Gasteiger partial charge in [0, 0.05) is 35.3 Å². The lowest BCUT2D eigenvalue weighted by Gasteiger charge is -2.16. The van der Waals surface area contributed by atoms with E-state index in [0.717, 1.165) is 47.7 Å². The Morgan fingerprint density at radius 1 is 1.00 bits per heavy atom. The third-order valence-corrected chi connectivity index (χ3v) is 7.28. The molecule has 4 aromatic rings. The first-order valence-corrected chi connectivity index (χ1v) is 12.5. The van der Waals surface area contributed by atoms with E-state index in [9.17, 15) is 9.18 Å². The fourth-order valence-corrected chi connectivity index (χ4v) is 5.57. The van der Waals surface area contributed by atoms with E-state index in [4.69, 9.17) is 32.7 Å². The van der Waals surface area contributed by atoms with Crippen LogP contribution < -0.4 is 14.8 Å². The molecule has 0 radical (unpaired) electrons. The van der Waals surface area contributed by atoms with Gasteiger partial charge in [-0.2, -0.15) is 0 Å². The number of aryl methyl sites for hydroxylation is 1. The highest BCUT2D eigenvalue weighted by Crippen LogP contribution is 2.41. The van der Waals surface area contributed by atoms with Gasteiger partial charge >= 0.3 is 0 Å². The molecule has 0 atom stereocenters. The summed E-state index contributed by atoms with van der Waals surface area (Å²) >= 11 is 12.8. The summed E-state index contributed by atoms with van der Waals surface area (Å²) in [5.41, 5.74) is 5.00. The molecule has 8 heteroatoms. The molecule has 0 bridgehead atoms. The molecular formula is C28H25Cl2FN2O3. The Hall–Kier alpha value is -3.22. The second-order valence-corrected chi connectivity index (χ2v) is 9.62. The van der Waals surface area contributed by atoms with Gasteiger partial charge in [0.2, 0.25) is 0 Å². The first-order valence-electron chi connectivity index (χ1n) is 11.7. The number of methoxy groups -OCH3 is 2. The van der Waals surface area contributed by atoms with Crippen LogP contribution in [0.25, 0.3) is 10.9 Å². The molecule has 1 amide bonds. The third kappa shape index (κ3) is 4.40. The Labute approximate surface area is 218 Å².